The van der Waals surface area contributed by atoms with Crippen LogP contribution in [0.15, 0.2) is 23.8 Å². The largest absolute Gasteiger partial charge is 0.462 e. The highest BCUT2D eigenvalue weighted by Gasteiger charge is 2.43. The second-order valence-corrected chi connectivity index (χ2v) is 9.32. The number of allylic oxidation sites excluding steroid dienone is 3. The summed E-state index contributed by atoms with van der Waals surface area (Å²) in [5.74, 6) is 1.12. The van der Waals surface area contributed by atoms with Crippen molar-refractivity contribution in [1.82, 2.24) is 0 Å². The van der Waals surface area contributed by atoms with E-state index < -0.39 is 6.10 Å². The van der Waals surface area contributed by atoms with Crippen LogP contribution in [0.3, 0.4) is 0 Å². The Bertz CT molecular complexity index is 676. The van der Waals surface area contributed by atoms with Crippen LogP contribution in [-0.4, -0.2) is 35.4 Å². The number of hydrogen-bond donors (Lipinski definition) is 1. The van der Waals surface area contributed by atoms with E-state index in [1.807, 2.05) is 0 Å². The number of aliphatic hydroxyl groups excluding tert-OH is 1. The first-order valence-electron chi connectivity index (χ1n) is 10.9. The molecule has 7 atom stereocenters. The molecule has 2 fully saturated rings. The first kappa shape index (κ1) is 19.7. The lowest BCUT2D eigenvalue weighted by Gasteiger charge is -2.43. The van der Waals surface area contributed by atoms with E-state index in [9.17, 15) is 14.7 Å². The standard InChI is InChI=1S/C23H32O5/c1-13-9-16-4-3-14(2)19(8-7-18-11-17(24)12-21(25)27-18)22(16)20(10-13)28-23(26)15-5-6-15/h3-4,9,13-15,17-20,22,24H,5-8,10-12H2,1-2H3/t13-,14-,17+,18+,19-,20-,22?/m0/s1. The molecule has 1 saturated carbocycles. The Balaban J connectivity index is 1.47. The van der Waals surface area contributed by atoms with Gasteiger partial charge < -0.3 is 14.6 Å². The smallest absolute Gasteiger partial charge is 0.309 e. The zero-order valence-electron chi connectivity index (χ0n) is 16.9. The van der Waals surface area contributed by atoms with Crippen LogP contribution in [0.2, 0.25) is 0 Å². The van der Waals surface area contributed by atoms with Gasteiger partial charge in [0.15, 0.2) is 0 Å². The van der Waals surface area contributed by atoms with E-state index in [4.69, 9.17) is 9.47 Å². The number of ether oxygens (including phenoxy) is 2. The van der Waals surface area contributed by atoms with Gasteiger partial charge in [0, 0.05) is 12.3 Å². The van der Waals surface area contributed by atoms with Gasteiger partial charge in [-0.25, -0.2) is 0 Å². The molecule has 0 aromatic heterocycles. The molecular weight excluding hydrogens is 356 g/mol. The molecule has 0 bridgehead atoms. The summed E-state index contributed by atoms with van der Waals surface area (Å²) in [5, 5.41) is 9.88. The molecule has 4 rings (SSSR count). The summed E-state index contributed by atoms with van der Waals surface area (Å²) in [4.78, 5) is 24.0. The molecule has 28 heavy (non-hydrogen) atoms. The van der Waals surface area contributed by atoms with E-state index in [1.165, 1.54) is 5.57 Å². The Labute approximate surface area is 167 Å². The first-order chi connectivity index (χ1) is 13.4. The predicted molar refractivity (Wildman–Crippen MR) is 104 cm³/mol. The lowest BCUT2D eigenvalue weighted by Crippen LogP contribution is -2.41. The van der Waals surface area contributed by atoms with Gasteiger partial charge in [0.25, 0.3) is 0 Å². The fourth-order valence-electron chi connectivity index (χ4n) is 5.20. The van der Waals surface area contributed by atoms with E-state index in [0.29, 0.717) is 24.2 Å². The molecule has 1 unspecified atom stereocenters. The second kappa shape index (κ2) is 8.02. The van der Waals surface area contributed by atoms with E-state index in [0.717, 1.165) is 32.1 Å². The third-order valence-corrected chi connectivity index (χ3v) is 6.83. The van der Waals surface area contributed by atoms with E-state index >= 15 is 0 Å². The number of cyclic esters (lactones) is 1. The average molecular weight is 389 g/mol. The molecule has 0 spiro atoms. The molecule has 0 radical (unpaired) electrons. The van der Waals surface area contributed by atoms with E-state index in [-0.39, 0.29) is 42.4 Å². The molecule has 4 aliphatic rings. The third kappa shape index (κ3) is 4.35. The van der Waals surface area contributed by atoms with Gasteiger partial charge in [-0.1, -0.05) is 32.1 Å². The highest BCUT2D eigenvalue weighted by molar-refractivity contribution is 5.75. The number of fused-ring (bicyclic) bond motifs is 1. The normalized spacial score (nSPS) is 40.3. The number of rotatable bonds is 5. The van der Waals surface area contributed by atoms with Gasteiger partial charge in [0.2, 0.25) is 0 Å². The molecule has 5 nitrogen and oxygen atoms in total. The maximum Gasteiger partial charge on any atom is 0.309 e. The van der Waals surface area contributed by atoms with Crippen LogP contribution >= 0.6 is 0 Å². The molecule has 1 saturated heterocycles. The molecule has 0 aromatic rings. The lowest BCUT2D eigenvalue weighted by molar-refractivity contribution is -0.161. The molecule has 5 heteroatoms. The monoisotopic (exact) mass is 388 g/mol. The number of carbonyl (C=O) groups excluding carboxylic acids is 2. The summed E-state index contributed by atoms with van der Waals surface area (Å²) in [7, 11) is 0. The fraction of sp³-hybridized carbons (Fsp3) is 0.739. The molecular formula is C23H32O5. The Morgan fingerprint density at radius 2 is 2.04 bits per heavy atom. The third-order valence-electron chi connectivity index (χ3n) is 6.83. The summed E-state index contributed by atoms with van der Waals surface area (Å²) in [5.41, 5.74) is 1.29. The van der Waals surface area contributed by atoms with Crippen molar-refractivity contribution in [3.8, 4) is 0 Å². The van der Waals surface area contributed by atoms with E-state index in [1.54, 1.807) is 0 Å². The van der Waals surface area contributed by atoms with Crippen LogP contribution in [0.1, 0.15) is 58.8 Å². The summed E-state index contributed by atoms with van der Waals surface area (Å²) < 4.78 is 11.5. The summed E-state index contributed by atoms with van der Waals surface area (Å²) in [6.45, 7) is 4.41. The van der Waals surface area contributed by atoms with Gasteiger partial charge in [-0.05, 0) is 55.4 Å². The molecule has 3 aliphatic carbocycles. The second-order valence-electron chi connectivity index (χ2n) is 9.32. The minimum atomic E-state index is -0.590. The van der Waals surface area contributed by atoms with E-state index in [2.05, 4.69) is 32.1 Å². The van der Waals surface area contributed by atoms with Gasteiger partial charge in [-0.2, -0.15) is 0 Å². The van der Waals surface area contributed by atoms with Crippen molar-refractivity contribution < 1.29 is 24.2 Å². The summed E-state index contributed by atoms with van der Waals surface area (Å²) in [6, 6.07) is 0. The van der Waals surface area contributed by atoms with Crippen LogP contribution in [0.4, 0.5) is 0 Å². The van der Waals surface area contributed by atoms with Crippen molar-refractivity contribution in [3.05, 3.63) is 23.8 Å². The van der Waals surface area contributed by atoms with Crippen LogP contribution in [0.25, 0.3) is 0 Å². The Morgan fingerprint density at radius 1 is 1.25 bits per heavy atom. The predicted octanol–water partition coefficient (Wildman–Crippen LogP) is 3.56. The van der Waals surface area contributed by atoms with Gasteiger partial charge in [0.05, 0.1) is 18.4 Å². The Hall–Kier alpha value is -1.62. The summed E-state index contributed by atoms with van der Waals surface area (Å²) in [6.07, 6.45) is 11.0. The fourth-order valence-corrected chi connectivity index (χ4v) is 5.20. The molecule has 0 aromatic carbocycles. The molecule has 1 aliphatic heterocycles. The van der Waals surface area contributed by atoms with Crippen molar-refractivity contribution in [2.45, 2.75) is 77.1 Å². The quantitative estimate of drug-likeness (QED) is 0.729. The van der Waals surface area contributed by atoms with Crippen molar-refractivity contribution in [2.75, 3.05) is 0 Å². The first-order valence-corrected chi connectivity index (χ1v) is 10.9. The minimum Gasteiger partial charge on any atom is -0.462 e. The van der Waals surface area contributed by atoms with Gasteiger partial charge in [-0.3, -0.25) is 9.59 Å². The number of carbonyl (C=O) groups is 2. The van der Waals surface area contributed by atoms with Crippen LogP contribution in [-0.2, 0) is 19.1 Å². The van der Waals surface area contributed by atoms with Crippen molar-refractivity contribution in [2.24, 2.45) is 29.6 Å². The van der Waals surface area contributed by atoms with Crippen molar-refractivity contribution in [1.29, 1.82) is 0 Å². The number of esters is 2. The zero-order valence-corrected chi connectivity index (χ0v) is 16.9. The van der Waals surface area contributed by atoms with Crippen molar-refractivity contribution in [3.63, 3.8) is 0 Å². The topological polar surface area (TPSA) is 72.8 Å². The van der Waals surface area contributed by atoms with Gasteiger partial charge in [-0.15, -0.1) is 0 Å². The Kier molecular flexibility index (Phi) is 5.64. The number of hydrogen-bond acceptors (Lipinski definition) is 5. The minimum absolute atomic E-state index is 0.0243. The Morgan fingerprint density at radius 3 is 2.75 bits per heavy atom. The summed E-state index contributed by atoms with van der Waals surface area (Å²) >= 11 is 0. The molecule has 0 amide bonds. The highest BCUT2D eigenvalue weighted by Crippen LogP contribution is 2.46. The van der Waals surface area contributed by atoms with Gasteiger partial charge in [0.1, 0.15) is 12.2 Å². The molecule has 154 valence electrons. The van der Waals surface area contributed by atoms with Gasteiger partial charge >= 0.3 is 11.9 Å². The highest BCUT2D eigenvalue weighted by atomic mass is 16.6. The van der Waals surface area contributed by atoms with Crippen LogP contribution in [0.5, 0.6) is 0 Å². The number of aliphatic hydroxyl groups is 1. The zero-order chi connectivity index (χ0) is 19.8. The molecule has 1 N–H and O–H groups in total. The SMILES string of the molecule is C[C@H]1C=C2C=C[C@H](C)[C@H](CC[C@@H]3C[C@@H](O)CC(=O)O3)C2[C@@H](OC(=O)C2CC2)C1. The van der Waals surface area contributed by atoms with Crippen LogP contribution in [0, 0.1) is 29.6 Å². The van der Waals surface area contributed by atoms with Crippen molar-refractivity contribution >= 4 is 11.9 Å². The maximum absolute atomic E-state index is 12.4. The average Bonchev–Trinajstić information content (AvgIpc) is 3.45. The lowest BCUT2D eigenvalue weighted by atomic mass is 9.65. The maximum atomic E-state index is 12.4. The van der Waals surface area contributed by atoms with Crippen LogP contribution < -0.4 is 0 Å². The molecule has 1 heterocycles.